The van der Waals surface area contributed by atoms with E-state index in [2.05, 4.69) is 25.5 Å². The average molecular weight is 457 g/mol. The van der Waals surface area contributed by atoms with Crippen LogP contribution in [0.3, 0.4) is 0 Å². The van der Waals surface area contributed by atoms with Crippen LogP contribution >= 0.6 is 11.6 Å². The zero-order valence-corrected chi connectivity index (χ0v) is 18.2. The maximum Gasteiger partial charge on any atom is 0.255 e. The number of hydrogen-bond acceptors (Lipinski definition) is 5. The summed E-state index contributed by atoms with van der Waals surface area (Å²) in [5.41, 5.74) is 3.34. The summed E-state index contributed by atoms with van der Waals surface area (Å²) < 4.78 is 0. The van der Waals surface area contributed by atoms with Crippen LogP contribution in [0.5, 0.6) is 0 Å². The van der Waals surface area contributed by atoms with Gasteiger partial charge in [0.15, 0.2) is 5.82 Å². The largest absolute Gasteiger partial charge is 0.329 e. The number of aromatic nitrogens is 5. The van der Waals surface area contributed by atoms with Gasteiger partial charge in [-0.05, 0) is 53.3 Å². The minimum atomic E-state index is -0.296. The molecule has 2 N–H and O–H groups in total. The molecule has 5 rings (SSSR count). The molecule has 0 fully saturated rings. The zero-order chi connectivity index (χ0) is 22.9. The second kappa shape index (κ2) is 8.33. The first-order valence-corrected chi connectivity index (χ1v) is 10.4. The lowest BCUT2D eigenvalue weighted by atomic mass is 9.93. The lowest BCUT2D eigenvalue weighted by Gasteiger charge is -2.14. The van der Waals surface area contributed by atoms with Crippen molar-refractivity contribution in [2.45, 2.75) is 6.92 Å². The third kappa shape index (κ3) is 3.77. The fourth-order valence-corrected chi connectivity index (χ4v) is 4.04. The van der Waals surface area contributed by atoms with Gasteiger partial charge in [0.25, 0.3) is 11.5 Å². The van der Waals surface area contributed by atoms with Crippen molar-refractivity contribution in [3.63, 3.8) is 0 Å². The van der Waals surface area contributed by atoms with Gasteiger partial charge in [-0.2, -0.15) is 10.2 Å². The Morgan fingerprint density at radius 1 is 1.03 bits per heavy atom. The van der Waals surface area contributed by atoms with Crippen molar-refractivity contribution in [3.05, 3.63) is 99.8 Å². The van der Waals surface area contributed by atoms with E-state index in [-0.39, 0.29) is 11.5 Å². The van der Waals surface area contributed by atoms with E-state index in [0.717, 1.165) is 22.1 Å². The summed E-state index contributed by atoms with van der Waals surface area (Å²) >= 11 is 6.31. The van der Waals surface area contributed by atoms with Crippen LogP contribution in [0.2, 0.25) is 5.02 Å². The predicted molar refractivity (Wildman–Crippen MR) is 127 cm³/mol. The second-order valence-electron chi connectivity index (χ2n) is 7.35. The number of hydrogen-bond donors (Lipinski definition) is 2. The highest BCUT2D eigenvalue weighted by molar-refractivity contribution is 6.32. The standard InChI is InChI=1S/C24H17ClN6O2/c1-14-16(18-6-3-7-20-19(18)8-9-26-23(20)32)4-2-5-17(14)24(33)30-15-12-21(25)22(27-13-15)31-28-10-11-29-31/h2-13H,1H3,(H,26,32)(H,30,33). The van der Waals surface area contributed by atoms with Gasteiger partial charge < -0.3 is 10.3 Å². The summed E-state index contributed by atoms with van der Waals surface area (Å²) in [5.74, 6) is 0.0686. The molecule has 0 aliphatic carbocycles. The molecule has 162 valence electrons. The number of rotatable bonds is 4. The lowest BCUT2D eigenvalue weighted by Crippen LogP contribution is -2.14. The molecule has 33 heavy (non-hydrogen) atoms. The molecular weight excluding hydrogens is 440 g/mol. The average Bonchev–Trinajstić information content (AvgIpc) is 3.34. The minimum Gasteiger partial charge on any atom is -0.329 e. The number of benzene rings is 2. The van der Waals surface area contributed by atoms with E-state index in [1.807, 2.05) is 37.3 Å². The smallest absolute Gasteiger partial charge is 0.255 e. The molecule has 0 aliphatic heterocycles. The quantitative estimate of drug-likeness (QED) is 0.417. The molecule has 0 bridgehead atoms. The first-order valence-electron chi connectivity index (χ1n) is 10.1. The number of halogens is 1. The molecule has 8 nitrogen and oxygen atoms in total. The zero-order valence-electron chi connectivity index (χ0n) is 17.4. The SMILES string of the molecule is Cc1c(C(=O)Nc2cnc(-n3nccn3)c(Cl)c2)cccc1-c1cccc2c(=O)[nH]ccc12. The molecule has 9 heteroatoms. The van der Waals surface area contributed by atoms with Crippen molar-refractivity contribution in [2.24, 2.45) is 0 Å². The molecule has 0 saturated carbocycles. The normalized spacial score (nSPS) is 11.0. The number of H-pyrrole nitrogens is 1. The first kappa shape index (κ1) is 20.6. The highest BCUT2D eigenvalue weighted by Gasteiger charge is 2.16. The Hall–Kier alpha value is -4.30. The van der Waals surface area contributed by atoms with E-state index < -0.39 is 0 Å². The van der Waals surface area contributed by atoms with Crippen molar-refractivity contribution >= 4 is 34.0 Å². The number of pyridine rings is 2. The third-order valence-corrected chi connectivity index (χ3v) is 5.65. The van der Waals surface area contributed by atoms with E-state index in [1.165, 1.54) is 23.4 Å². The van der Waals surface area contributed by atoms with E-state index in [0.29, 0.717) is 27.5 Å². The molecule has 3 aromatic heterocycles. The maximum atomic E-state index is 13.1. The van der Waals surface area contributed by atoms with Crippen LogP contribution in [0, 0.1) is 6.92 Å². The number of fused-ring (bicyclic) bond motifs is 1. The van der Waals surface area contributed by atoms with Crippen molar-refractivity contribution < 1.29 is 4.79 Å². The first-order chi connectivity index (χ1) is 16.0. The minimum absolute atomic E-state index is 0.154. The summed E-state index contributed by atoms with van der Waals surface area (Å²) in [6.07, 6.45) is 6.17. The molecule has 5 aromatic rings. The van der Waals surface area contributed by atoms with Crippen LogP contribution in [0.15, 0.2) is 78.1 Å². The van der Waals surface area contributed by atoms with Crippen LogP contribution in [0.4, 0.5) is 5.69 Å². The fourth-order valence-electron chi connectivity index (χ4n) is 3.80. The molecule has 0 aliphatic rings. The van der Waals surface area contributed by atoms with Crippen LogP contribution in [0.25, 0.3) is 27.7 Å². The fraction of sp³-hybridized carbons (Fsp3) is 0.0417. The number of nitrogens with zero attached hydrogens (tertiary/aromatic N) is 4. The van der Waals surface area contributed by atoms with Gasteiger partial charge in [0.2, 0.25) is 0 Å². The van der Waals surface area contributed by atoms with E-state index in [1.54, 1.807) is 24.4 Å². The topological polar surface area (TPSA) is 106 Å². The Labute approximate surface area is 192 Å². The molecule has 0 atom stereocenters. The van der Waals surface area contributed by atoms with Gasteiger partial charge in [-0.25, -0.2) is 4.98 Å². The van der Waals surface area contributed by atoms with Crippen LogP contribution < -0.4 is 10.9 Å². The molecule has 0 radical (unpaired) electrons. The number of anilines is 1. The van der Waals surface area contributed by atoms with Crippen molar-refractivity contribution in [2.75, 3.05) is 5.32 Å². The van der Waals surface area contributed by atoms with Gasteiger partial charge in [-0.1, -0.05) is 35.9 Å². The summed E-state index contributed by atoms with van der Waals surface area (Å²) in [6.45, 7) is 1.88. The molecule has 2 aromatic carbocycles. The Balaban J connectivity index is 1.49. The highest BCUT2D eigenvalue weighted by Crippen LogP contribution is 2.31. The van der Waals surface area contributed by atoms with Crippen LogP contribution in [-0.2, 0) is 0 Å². The molecule has 0 spiro atoms. The third-order valence-electron chi connectivity index (χ3n) is 5.37. The number of amides is 1. The lowest BCUT2D eigenvalue weighted by molar-refractivity contribution is 0.102. The Morgan fingerprint density at radius 3 is 2.58 bits per heavy atom. The Morgan fingerprint density at radius 2 is 1.79 bits per heavy atom. The van der Waals surface area contributed by atoms with Crippen molar-refractivity contribution in [3.8, 4) is 16.9 Å². The van der Waals surface area contributed by atoms with E-state index in [9.17, 15) is 9.59 Å². The molecule has 1 amide bonds. The monoisotopic (exact) mass is 456 g/mol. The van der Waals surface area contributed by atoms with Crippen molar-refractivity contribution in [1.82, 2.24) is 25.0 Å². The summed E-state index contributed by atoms with van der Waals surface area (Å²) in [7, 11) is 0. The number of carbonyl (C=O) groups is 1. The van der Waals surface area contributed by atoms with Gasteiger partial charge in [-0.15, -0.1) is 4.80 Å². The molecule has 0 unspecified atom stereocenters. The Kier molecular flexibility index (Phi) is 5.20. The van der Waals surface area contributed by atoms with E-state index in [4.69, 9.17) is 11.6 Å². The van der Waals surface area contributed by atoms with E-state index >= 15 is 0 Å². The summed E-state index contributed by atoms with van der Waals surface area (Å²) in [5, 5.41) is 12.6. The van der Waals surface area contributed by atoms with Gasteiger partial charge in [0.1, 0.15) is 0 Å². The highest BCUT2D eigenvalue weighted by atomic mass is 35.5. The molecule has 0 saturated heterocycles. The van der Waals surface area contributed by atoms with Gasteiger partial charge >= 0.3 is 0 Å². The Bertz CT molecular complexity index is 1560. The molecular formula is C24H17ClN6O2. The second-order valence-corrected chi connectivity index (χ2v) is 7.76. The maximum absolute atomic E-state index is 13.1. The van der Waals surface area contributed by atoms with Gasteiger partial charge in [0, 0.05) is 17.1 Å². The van der Waals surface area contributed by atoms with Crippen LogP contribution in [-0.4, -0.2) is 30.9 Å². The predicted octanol–water partition coefficient (Wildman–Crippen LogP) is 4.38. The number of carbonyl (C=O) groups excluding carboxylic acids is 1. The van der Waals surface area contributed by atoms with Gasteiger partial charge in [-0.3, -0.25) is 9.59 Å². The summed E-state index contributed by atoms with van der Waals surface area (Å²) in [4.78, 5) is 33.6. The summed E-state index contributed by atoms with van der Waals surface area (Å²) in [6, 6.07) is 14.5. The van der Waals surface area contributed by atoms with Gasteiger partial charge in [0.05, 0.1) is 29.3 Å². The van der Waals surface area contributed by atoms with Crippen LogP contribution in [0.1, 0.15) is 15.9 Å². The number of aromatic amines is 1. The molecule has 3 heterocycles. The number of nitrogens with one attached hydrogen (secondary N) is 2. The van der Waals surface area contributed by atoms with Crippen molar-refractivity contribution in [1.29, 1.82) is 0 Å².